The van der Waals surface area contributed by atoms with Crippen LogP contribution in [0, 0.1) is 5.82 Å². The molecule has 12 heteroatoms. The molecule has 0 atom stereocenters. The quantitative estimate of drug-likeness (QED) is 0.127. The number of anilines is 6. The van der Waals surface area contributed by atoms with Gasteiger partial charge in [0.15, 0.2) is 5.69 Å². The minimum atomic E-state index is -4.78. The van der Waals surface area contributed by atoms with Crippen LogP contribution in [0.25, 0.3) is 23.4 Å². The van der Waals surface area contributed by atoms with Crippen LogP contribution in [0.15, 0.2) is 158 Å². The van der Waals surface area contributed by atoms with Crippen LogP contribution in [-0.2, 0) is 11.7 Å². The minimum absolute atomic E-state index is 0.200. The van der Waals surface area contributed by atoms with Crippen molar-refractivity contribution in [3.63, 3.8) is 0 Å². The van der Waals surface area contributed by atoms with Gasteiger partial charge in [-0.15, -0.1) is 0 Å². The summed E-state index contributed by atoms with van der Waals surface area (Å²) < 4.78 is 84.2. The van der Waals surface area contributed by atoms with Gasteiger partial charge in [0.25, 0.3) is 0 Å². The molecule has 2 aliphatic rings. The number of hydrogen-bond acceptors (Lipinski definition) is 7. The van der Waals surface area contributed by atoms with E-state index in [1.165, 1.54) is 16.8 Å². The number of methoxy groups -OCH3 is 4. The van der Waals surface area contributed by atoms with E-state index >= 15 is 4.39 Å². The molecule has 8 aromatic rings. The van der Waals surface area contributed by atoms with Gasteiger partial charge in [-0.25, -0.2) is 9.07 Å². The molecule has 0 unspecified atom stereocenters. The van der Waals surface area contributed by atoms with E-state index < -0.39 is 23.2 Å². The van der Waals surface area contributed by atoms with Gasteiger partial charge in [-0.1, -0.05) is 24.3 Å². The summed E-state index contributed by atoms with van der Waals surface area (Å²) >= 11 is 0. The summed E-state index contributed by atoms with van der Waals surface area (Å²) in [7, 11) is 6.40. The number of hydrogen-bond donors (Lipinski definition) is 0. The molecule has 1 aliphatic carbocycles. The average Bonchev–Trinajstić information content (AvgIpc) is 3.85. The van der Waals surface area contributed by atoms with Gasteiger partial charge >= 0.3 is 6.18 Å². The third-order valence-electron chi connectivity index (χ3n) is 12.1. The van der Waals surface area contributed by atoms with Gasteiger partial charge in [0.05, 0.1) is 34.1 Å². The Labute approximate surface area is 372 Å². The highest BCUT2D eigenvalue weighted by Crippen LogP contribution is 2.57. The molecule has 0 bridgehead atoms. The maximum atomic E-state index is 16.0. The Morgan fingerprint density at radius 1 is 0.462 bits per heavy atom. The lowest BCUT2D eigenvalue weighted by molar-refractivity contribution is -0.141. The lowest BCUT2D eigenvalue weighted by atomic mass is 9.74. The zero-order valence-corrected chi connectivity index (χ0v) is 35.6. The van der Waals surface area contributed by atoms with Crippen molar-refractivity contribution in [2.24, 2.45) is 0 Å². The molecule has 1 spiro atoms. The number of fused-ring (bicyclic) bond motifs is 9. The second-order valence-corrected chi connectivity index (χ2v) is 15.6. The van der Waals surface area contributed by atoms with Gasteiger partial charge in [0, 0.05) is 45.3 Å². The maximum absolute atomic E-state index is 16.0. The highest BCUT2D eigenvalue weighted by Gasteiger charge is 2.52. The predicted octanol–water partition coefficient (Wildman–Crippen LogP) is 13.3. The molecule has 0 amide bonds. The maximum Gasteiger partial charge on any atom is 0.435 e. The summed E-state index contributed by atoms with van der Waals surface area (Å²) in [5.41, 5.74) is 5.40. The van der Waals surface area contributed by atoms with E-state index in [-0.39, 0.29) is 5.69 Å². The molecule has 0 saturated heterocycles. The van der Waals surface area contributed by atoms with Crippen molar-refractivity contribution < 1.29 is 36.5 Å². The van der Waals surface area contributed by atoms with Gasteiger partial charge in [-0.05, 0) is 168 Å². The van der Waals surface area contributed by atoms with Crippen LogP contribution in [0.3, 0.4) is 0 Å². The summed E-state index contributed by atoms with van der Waals surface area (Å²) in [6.45, 7) is 0. The van der Waals surface area contributed by atoms with Crippen molar-refractivity contribution >= 4 is 46.3 Å². The summed E-state index contributed by atoms with van der Waals surface area (Å²) in [6.07, 6.45) is -0.878. The van der Waals surface area contributed by atoms with E-state index in [1.54, 1.807) is 34.5 Å². The summed E-state index contributed by atoms with van der Waals surface area (Å²) in [6, 6.07) is 47.4. The van der Waals surface area contributed by atoms with Crippen molar-refractivity contribution in [2.45, 2.75) is 11.7 Å². The third kappa shape index (κ3) is 6.89. The molecule has 7 aromatic carbocycles. The third-order valence-corrected chi connectivity index (χ3v) is 12.1. The second kappa shape index (κ2) is 16.0. The van der Waals surface area contributed by atoms with Crippen LogP contribution >= 0.6 is 0 Å². The number of aromatic nitrogens is 2. The molecule has 0 N–H and O–H groups in total. The Morgan fingerprint density at radius 2 is 0.846 bits per heavy atom. The number of halogens is 4. The van der Waals surface area contributed by atoms with Crippen molar-refractivity contribution in [3.05, 3.63) is 197 Å². The number of ether oxygens (including phenoxy) is 4. The Kier molecular flexibility index (Phi) is 10.1. The molecule has 324 valence electrons. The molecule has 8 nitrogen and oxygen atoms in total. The van der Waals surface area contributed by atoms with E-state index in [0.717, 1.165) is 28.8 Å². The van der Waals surface area contributed by atoms with Crippen molar-refractivity contribution in [2.75, 3.05) is 38.2 Å². The van der Waals surface area contributed by atoms with E-state index in [1.807, 2.05) is 155 Å². The zero-order valence-electron chi connectivity index (χ0n) is 35.6. The highest BCUT2D eigenvalue weighted by atomic mass is 19.4. The molecule has 0 fully saturated rings. The predicted molar refractivity (Wildman–Crippen MR) is 245 cm³/mol. The molecule has 0 radical (unpaired) electrons. The van der Waals surface area contributed by atoms with Gasteiger partial charge in [-0.2, -0.15) is 18.3 Å². The summed E-state index contributed by atoms with van der Waals surface area (Å²) in [4.78, 5) is 4.08. The fourth-order valence-corrected chi connectivity index (χ4v) is 9.07. The van der Waals surface area contributed by atoms with Gasteiger partial charge in [0.2, 0.25) is 0 Å². The first-order chi connectivity index (χ1) is 31.5. The Bertz CT molecular complexity index is 2840. The Hall–Kier alpha value is -7.99. The number of benzene rings is 7. The fraction of sp³-hybridized carbons (Fsp3) is 0.113. The lowest BCUT2D eigenvalue weighted by Crippen LogP contribution is -2.37. The lowest BCUT2D eigenvalue weighted by Gasteiger charge is -2.37. The van der Waals surface area contributed by atoms with Gasteiger partial charge in [-0.3, -0.25) is 0 Å². The summed E-state index contributed by atoms with van der Waals surface area (Å²) in [5, 5.41) is 4.44. The minimum Gasteiger partial charge on any atom is -0.497 e. The Morgan fingerprint density at radius 3 is 1.22 bits per heavy atom. The van der Waals surface area contributed by atoms with Gasteiger partial charge < -0.3 is 28.7 Å². The molecular weight excluding hydrogens is 833 g/mol. The molecule has 65 heavy (non-hydrogen) atoms. The first kappa shape index (κ1) is 41.0. The number of rotatable bonds is 10. The topological polar surface area (TPSA) is 61.2 Å². The van der Waals surface area contributed by atoms with E-state index in [4.69, 9.17) is 18.9 Å². The smallest absolute Gasteiger partial charge is 0.435 e. The second-order valence-electron chi connectivity index (χ2n) is 15.6. The summed E-state index contributed by atoms with van der Waals surface area (Å²) in [5.74, 6) is 2.11. The van der Waals surface area contributed by atoms with Crippen LogP contribution < -0.4 is 28.7 Å². The Balaban J connectivity index is 1.28. The highest BCUT2D eigenvalue weighted by molar-refractivity contribution is 5.89. The number of nitrogens with zero attached hydrogens (tertiary/aromatic N) is 4. The zero-order chi connectivity index (χ0) is 45.0. The average molecular weight is 873 g/mol. The van der Waals surface area contributed by atoms with Crippen LogP contribution in [-0.4, -0.2) is 38.2 Å². The first-order valence-electron chi connectivity index (χ1n) is 20.7. The van der Waals surface area contributed by atoms with Crippen molar-refractivity contribution in [3.8, 4) is 34.3 Å². The van der Waals surface area contributed by atoms with Crippen LogP contribution in [0.4, 0.5) is 51.7 Å². The van der Waals surface area contributed by atoms with Gasteiger partial charge in [0.1, 0.15) is 34.4 Å². The standard InChI is InChI=1S/C53H40F4N4O4/c1-62-42-20-12-36(13-21-42)59(37-14-22-43(63-2)23-15-37)40-10-7-33-5-6-34-8-11-41(60(38-16-24-44(64-3)25-17-38)39-18-26-45(65-4)27-19-39)31-48(34)52(47(33)30-40)49-29-35(54)9-28-46(49)50-32-51(53(55,56)57)58-61(50)52/h5-32H,1-4H3. The molecule has 0 saturated carbocycles. The largest absolute Gasteiger partial charge is 0.497 e. The molecule has 1 aromatic heterocycles. The molecule has 1 aliphatic heterocycles. The van der Waals surface area contributed by atoms with Crippen LogP contribution in [0.1, 0.15) is 33.5 Å². The molecule has 10 rings (SSSR count). The number of alkyl halides is 3. The van der Waals surface area contributed by atoms with E-state index in [0.29, 0.717) is 67.8 Å². The fourth-order valence-electron chi connectivity index (χ4n) is 9.07. The van der Waals surface area contributed by atoms with Crippen LogP contribution in [0.5, 0.6) is 23.0 Å². The first-order valence-corrected chi connectivity index (χ1v) is 20.7. The van der Waals surface area contributed by atoms with Crippen LogP contribution in [0.2, 0.25) is 0 Å². The SMILES string of the molecule is COc1ccc(N(c2ccc(OC)cc2)c2ccc3c(c2)C2(c4cc(N(c5ccc(OC)cc5)c5ccc(OC)cc5)ccc4C=C3)c3cc(F)ccc3-c3cc(C(F)(F)F)nn32)cc1. The normalized spacial score (nSPS) is 13.0. The molecular formula is C53H40F4N4O4. The van der Waals surface area contributed by atoms with Crippen molar-refractivity contribution in [1.29, 1.82) is 0 Å². The monoisotopic (exact) mass is 872 g/mol. The van der Waals surface area contributed by atoms with E-state index in [9.17, 15) is 13.2 Å². The van der Waals surface area contributed by atoms with Crippen molar-refractivity contribution in [1.82, 2.24) is 9.78 Å². The molecule has 2 heterocycles. The van der Waals surface area contributed by atoms with E-state index in [2.05, 4.69) is 5.10 Å².